The molecule has 1 unspecified atom stereocenters. The molecular formula is C21H25N5O3. The summed E-state index contributed by atoms with van der Waals surface area (Å²) in [4.78, 5) is 36.6. The predicted molar refractivity (Wildman–Crippen MR) is 110 cm³/mol. The summed E-state index contributed by atoms with van der Waals surface area (Å²) in [6.07, 6.45) is 3.45. The van der Waals surface area contributed by atoms with Crippen molar-refractivity contribution in [2.24, 2.45) is 7.05 Å². The molecule has 1 saturated heterocycles. The van der Waals surface area contributed by atoms with Crippen LogP contribution in [0.1, 0.15) is 30.4 Å². The molecule has 1 fully saturated rings. The number of hydrogen-bond donors (Lipinski definition) is 0. The zero-order valence-corrected chi connectivity index (χ0v) is 16.7. The van der Waals surface area contributed by atoms with Crippen molar-refractivity contribution < 1.29 is 4.74 Å². The van der Waals surface area contributed by atoms with E-state index in [0.29, 0.717) is 30.6 Å². The van der Waals surface area contributed by atoms with Gasteiger partial charge in [0, 0.05) is 26.8 Å². The number of rotatable bonds is 6. The number of para-hydroxylation sites is 1. The number of aryl methyl sites for hydroxylation is 1. The number of aromatic nitrogens is 4. The number of fused-ring (bicyclic) bond motifs is 1. The fourth-order valence-corrected chi connectivity index (χ4v) is 3.94. The maximum atomic E-state index is 13.2. The van der Waals surface area contributed by atoms with Crippen LogP contribution in [0, 0.1) is 0 Å². The minimum atomic E-state index is -0.0772. The molecule has 0 bridgehead atoms. The Kier molecular flexibility index (Phi) is 5.55. The molecule has 0 radical (unpaired) electrons. The highest BCUT2D eigenvalue weighted by atomic mass is 16.5. The first-order valence-electron chi connectivity index (χ1n) is 9.82. The average Bonchev–Trinajstić information content (AvgIpc) is 3.18. The van der Waals surface area contributed by atoms with Crippen LogP contribution in [0.2, 0.25) is 0 Å². The number of hydrogen-bond acceptors (Lipinski definition) is 6. The van der Waals surface area contributed by atoms with Crippen LogP contribution in [-0.4, -0.2) is 44.3 Å². The number of ether oxygens (including phenoxy) is 1. The molecule has 0 spiro atoms. The summed E-state index contributed by atoms with van der Waals surface area (Å²) in [7, 11) is 3.31. The van der Waals surface area contributed by atoms with Crippen LogP contribution in [0.5, 0.6) is 0 Å². The number of benzene rings is 1. The maximum absolute atomic E-state index is 13.2. The van der Waals surface area contributed by atoms with E-state index in [1.807, 2.05) is 24.3 Å². The minimum absolute atomic E-state index is 0.00461. The maximum Gasteiger partial charge on any atom is 0.261 e. The van der Waals surface area contributed by atoms with Crippen molar-refractivity contribution in [1.82, 2.24) is 24.0 Å². The van der Waals surface area contributed by atoms with E-state index in [4.69, 9.17) is 9.72 Å². The Morgan fingerprint density at radius 3 is 2.86 bits per heavy atom. The van der Waals surface area contributed by atoms with E-state index in [2.05, 4.69) is 9.88 Å². The molecule has 8 heteroatoms. The van der Waals surface area contributed by atoms with Crippen molar-refractivity contribution in [2.45, 2.75) is 32.0 Å². The van der Waals surface area contributed by atoms with Gasteiger partial charge in [0.1, 0.15) is 5.82 Å². The van der Waals surface area contributed by atoms with Crippen molar-refractivity contribution in [3.05, 3.63) is 68.9 Å². The molecule has 3 heterocycles. The molecule has 1 aliphatic heterocycles. The molecule has 1 atom stereocenters. The molecule has 8 nitrogen and oxygen atoms in total. The molecule has 0 N–H and O–H groups in total. The summed E-state index contributed by atoms with van der Waals surface area (Å²) in [6, 6.07) is 9.01. The monoisotopic (exact) mass is 395 g/mol. The van der Waals surface area contributed by atoms with Gasteiger partial charge in [-0.1, -0.05) is 12.1 Å². The van der Waals surface area contributed by atoms with Gasteiger partial charge in [-0.3, -0.25) is 19.1 Å². The SMILES string of the molecule is COCCn1c(C2CCCN2Cc2cc(=O)n(C)cn2)nc2ccccc2c1=O. The summed E-state index contributed by atoms with van der Waals surface area (Å²) in [5.74, 6) is 0.757. The second-order valence-corrected chi connectivity index (χ2v) is 7.39. The topological polar surface area (TPSA) is 82.2 Å². The summed E-state index contributed by atoms with van der Waals surface area (Å²) in [6.45, 7) is 2.31. The molecule has 1 aromatic carbocycles. The van der Waals surface area contributed by atoms with Gasteiger partial charge in [0.25, 0.3) is 11.1 Å². The van der Waals surface area contributed by atoms with Crippen LogP contribution in [0.25, 0.3) is 10.9 Å². The lowest BCUT2D eigenvalue weighted by Gasteiger charge is -2.26. The predicted octanol–water partition coefficient (Wildman–Crippen LogP) is 1.47. The standard InChI is InChI=1S/C21H25N5O3/c1-24-14-22-15(12-19(24)27)13-25-9-5-8-18(25)20-23-17-7-4-3-6-16(17)21(28)26(20)10-11-29-2/h3-4,6-7,12,14,18H,5,8-11,13H2,1-2H3. The first-order chi connectivity index (χ1) is 14.1. The number of likely N-dealkylation sites (tertiary alicyclic amines) is 1. The normalized spacial score (nSPS) is 17.2. The van der Waals surface area contributed by atoms with Crippen molar-refractivity contribution in [2.75, 3.05) is 20.3 Å². The van der Waals surface area contributed by atoms with Gasteiger partial charge in [-0.2, -0.15) is 0 Å². The first-order valence-corrected chi connectivity index (χ1v) is 9.82. The van der Waals surface area contributed by atoms with E-state index in [1.54, 1.807) is 31.1 Å². The van der Waals surface area contributed by atoms with Crippen molar-refractivity contribution in [3.63, 3.8) is 0 Å². The van der Waals surface area contributed by atoms with Crippen LogP contribution >= 0.6 is 0 Å². The molecule has 152 valence electrons. The first kappa shape index (κ1) is 19.5. The highest BCUT2D eigenvalue weighted by Gasteiger charge is 2.30. The Labute approximate surface area is 168 Å². The summed E-state index contributed by atoms with van der Waals surface area (Å²) < 4.78 is 8.43. The van der Waals surface area contributed by atoms with E-state index < -0.39 is 0 Å². The van der Waals surface area contributed by atoms with Crippen molar-refractivity contribution in [3.8, 4) is 0 Å². The van der Waals surface area contributed by atoms with E-state index in [0.717, 1.165) is 30.9 Å². The molecule has 1 aliphatic rings. The highest BCUT2D eigenvalue weighted by Crippen LogP contribution is 2.32. The Balaban J connectivity index is 1.74. The summed E-state index contributed by atoms with van der Waals surface area (Å²) in [5.41, 5.74) is 1.32. The van der Waals surface area contributed by atoms with Gasteiger partial charge in [-0.15, -0.1) is 0 Å². The van der Waals surface area contributed by atoms with E-state index in [-0.39, 0.29) is 17.2 Å². The smallest absolute Gasteiger partial charge is 0.261 e. The fourth-order valence-electron chi connectivity index (χ4n) is 3.94. The molecule has 3 aromatic rings. The van der Waals surface area contributed by atoms with Crippen LogP contribution in [0.4, 0.5) is 0 Å². The fraction of sp³-hybridized carbons (Fsp3) is 0.429. The molecule has 4 rings (SSSR count). The molecule has 0 saturated carbocycles. The van der Waals surface area contributed by atoms with E-state index in [9.17, 15) is 9.59 Å². The van der Waals surface area contributed by atoms with Crippen LogP contribution in [0.15, 0.2) is 46.2 Å². The third-order valence-electron chi connectivity index (χ3n) is 5.47. The minimum Gasteiger partial charge on any atom is -0.383 e. The molecule has 29 heavy (non-hydrogen) atoms. The summed E-state index contributed by atoms with van der Waals surface area (Å²) >= 11 is 0. The van der Waals surface area contributed by atoms with Crippen LogP contribution in [-0.2, 0) is 24.9 Å². The van der Waals surface area contributed by atoms with Gasteiger partial charge in [0.05, 0.1) is 42.1 Å². The van der Waals surface area contributed by atoms with Crippen LogP contribution in [0.3, 0.4) is 0 Å². The quantitative estimate of drug-likeness (QED) is 0.629. The molecular weight excluding hydrogens is 370 g/mol. The third kappa shape index (κ3) is 3.86. The Morgan fingerprint density at radius 1 is 1.24 bits per heavy atom. The zero-order chi connectivity index (χ0) is 20.4. The number of nitrogens with zero attached hydrogens (tertiary/aromatic N) is 5. The lowest BCUT2D eigenvalue weighted by molar-refractivity contribution is 0.178. The Hall–Kier alpha value is -2.84. The van der Waals surface area contributed by atoms with E-state index in [1.165, 1.54) is 4.57 Å². The summed E-state index contributed by atoms with van der Waals surface area (Å²) in [5, 5.41) is 0.616. The van der Waals surface area contributed by atoms with Gasteiger partial charge < -0.3 is 9.30 Å². The second kappa shape index (κ2) is 8.26. The molecule has 0 amide bonds. The molecule has 2 aromatic heterocycles. The lowest BCUT2D eigenvalue weighted by Crippen LogP contribution is -2.33. The highest BCUT2D eigenvalue weighted by molar-refractivity contribution is 5.77. The molecule has 0 aliphatic carbocycles. The van der Waals surface area contributed by atoms with Crippen molar-refractivity contribution >= 4 is 10.9 Å². The van der Waals surface area contributed by atoms with Gasteiger partial charge in [0.15, 0.2) is 0 Å². The Morgan fingerprint density at radius 2 is 2.07 bits per heavy atom. The third-order valence-corrected chi connectivity index (χ3v) is 5.47. The zero-order valence-electron chi connectivity index (χ0n) is 16.7. The lowest BCUT2D eigenvalue weighted by atomic mass is 10.1. The van der Waals surface area contributed by atoms with Gasteiger partial charge in [-0.25, -0.2) is 9.97 Å². The van der Waals surface area contributed by atoms with Gasteiger partial charge >= 0.3 is 0 Å². The average molecular weight is 395 g/mol. The van der Waals surface area contributed by atoms with Gasteiger partial charge in [0.2, 0.25) is 0 Å². The number of methoxy groups -OCH3 is 1. The van der Waals surface area contributed by atoms with Gasteiger partial charge in [-0.05, 0) is 31.5 Å². The Bertz CT molecular complexity index is 1140. The van der Waals surface area contributed by atoms with Crippen LogP contribution < -0.4 is 11.1 Å². The largest absolute Gasteiger partial charge is 0.383 e. The van der Waals surface area contributed by atoms with E-state index >= 15 is 0 Å². The van der Waals surface area contributed by atoms with Crippen molar-refractivity contribution in [1.29, 1.82) is 0 Å². The second-order valence-electron chi connectivity index (χ2n) is 7.39.